The zero-order chi connectivity index (χ0) is 7.98. The van der Waals surface area contributed by atoms with Crippen LogP contribution in [0.5, 0.6) is 0 Å². The van der Waals surface area contributed by atoms with Gasteiger partial charge in [-0.15, -0.1) is 6.42 Å². The molecule has 0 radical (unpaired) electrons. The number of carbonyl (C=O) groups is 1. The molecule has 0 aromatic rings. The maximum Gasteiger partial charge on any atom is 0.253 e. The normalized spacial score (nSPS) is 11.5. The Bertz CT molecular complexity index is 218. The fraction of sp³-hybridized carbons (Fsp3) is 0.125. The van der Waals surface area contributed by atoms with Crippen LogP contribution in [0, 0.1) is 12.3 Å². The Labute approximate surface area is 65.4 Å². The fourth-order valence-electron chi connectivity index (χ4n) is 0.440. The Kier molecular flexibility index (Phi) is 4.36. The molecule has 0 amide bonds. The molecule has 0 heterocycles. The predicted molar refractivity (Wildman–Crippen MR) is 42.6 cm³/mol. The first-order chi connectivity index (χ1) is 4.72. The maximum atomic E-state index is 10.5. The van der Waals surface area contributed by atoms with E-state index >= 15 is 0 Å². The van der Waals surface area contributed by atoms with Crippen LogP contribution in [0.2, 0.25) is 0 Å². The van der Waals surface area contributed by atoms with E-state index < -0.39 is 5.24 Å². The molecule has 0 atom stereocenters. The molecule has 0 N–H and O–H groups in total. The number of terminal acetylenes is 1. The molecule has 1 nitrogen and oxygen atoms in total. The largest absolute Gasteiger partial charge is 0.276 e. The molecule has 2 heteroatoms. The summed E-state index contributed by atoms with van der Waals surface area (Å²) in [5.74, 6) is 2.22. The van der Waals surface area contributed by atoms with Gasteiger partial charge in [0.05, 0.1) is 0 Å². The van der Waals surface area contributed by atoms with Crippen LogP contribution in [0.25, 0.3) is 0 Å². The van der Waals surface area contributed by atoms with E-state index in [1.54, 1.807) is 19.1 Å². The number of allylic oxidation sites excluding steroid dienone is 4. The Morgan fingerprint density at radius 2 is 2.30 bits per heavy atom. The van der Waals surface area contributed by atoms with Crippen LogP contribution >= 0.6 is 11.6 Å². The summed E-state index contributed by atoms with van der Waals surface area (Å²) in [5.41, 5.74) is 0.340. The number of carbonyl (C=O) groups excluding carboxylic acids is 1. The molecule has 0 bridgehead atoms. The zero-order valence-electron chi connectivity index (χ0n) is 5.60. The van der Waals surface area contributed by atoms with Gasteiger partial charge >= 0.3 is 0 Å². The third kappa shape index (κ3) is 3.11. The molecule has 0 aliphatic rings. The van der Waals surface area contributed by atoms with E-state index in [1.807, 2.05) is 0 Å². The Morgan fingerprint density at radius 3 is 2.60 bits per heavy atom. The van der Waals surface area contributed by atoms with Gasteiger partial charge in [-0.25, -0.2) is 0 Å². The van der Waals surface area contributed by atoms with Crippen molar-refractivity contribution in [1.29, 1.82) is 0 Å². The lowest BCUT2D eigenvalue weighted by atomic mass is 10.2. The van der Waals surface area contributed by atoms with Crippen molar-refractivity contribution in [3.63, 3.8) is 0 Å². The minimum Gasteiger partial charge on any atom is -0.276 e. The molecule has 0 aromatic carbocycles. The van der Waals surface area contributed by atoms with Crippen LogP contribution in [0.15, 0.2) is 23.8 Å². The van der Waals surface area contributed by atoms with E-state index in [2.05, 4.69) is 5.92 Å². The first-order valence-electron chi connectivity index (χ1n) is 2.71. The molecule has 0 spiro atoms. The molecular weight excluding hydrogens is 148 g/mol. The van der Waals surface area contributed by atoms with E-state index in [9.17, 15) is 4.79 Å². The third-order valence-electron chi connectivity index (χ3n) is 0.812. The number of hydrogen-bond acceptors (Lipinski definition) is 1. The molecule has 0 aliphatic heterocycles. The molecule has 0 unspecified atom stereocenters. The van der Waals surface area contributed by atoms with Gasteiger partial charge in [0.1, 0.15) is 0 Å². The van der Waals surface area contributed by atoms with Crippen LogP contribution in [-0.4, -0.2) is 5.24 Å². The summed E-state index contributed by atoms with van der Waals surface area (Å²) in [6.07, 6.45) is 9.52. The summed E-state index contributed by atoms with van der Waals surface area (Å²) in [7, 11) is 0. The molecule has 0 fully saturated rings. The molecule has 0 aliphatic carbocycles. The van der Waals surface area contributed by atoms with E-state index in [-0.39, 0.29) is 0 Å². The Hall–Kier alpha value is -1.00. The van der Waals surface area contributed by atoms with Crippen molar-refractivity contribution in [2.45, 2.75) is 6.92 Å². The minimum atomic E-state index is -0.531. The van der Waals surface area contributed by atoms with Crippen molar-refractivity contribution >= 4 is 16.8 Å². The van der Waals surface area contributed by atoms with Crippen molar-refractivity contribution in [1.82, 2.24) is 0 Å². The van der Waals surface area contributed by atoms with Gasteiger partial charge in [0.15, 0.2) is 0 Å². The summed E-state index contributed by atoms with van der Waals surface area (Å²) >= 11 is 5.15. The molecule has 0 rings (SSSR count). The highest BCUT2D eigenvalue weighted by atomic mass is 35.5. The topological polar surface area (TPSA) is 17.1 Å². The monoisotopic (exact) mass is 154 g/mol. The summed E-state index contributed by atoms with van der Waals surface area (Å²) in [6.45, 7) is 1.78. The summed E-state index contributed by atoms with van der Waals surface area (Å²) in [5, 5.41) is -0.531. The van der Waals surface area contributed by atoms with Crippen molar-refractivity contribution in [3.8, 4) is 12.3 Å². The van der Waals surface area contributed by atoms with Crippen molar-refractivity contribution in [3.05, 3.63) is 23.8 Å². The quantitative estimate of drug-likeness (QED) is 0.257. The number of hydrogen-bond donors (Lipinski definition) is 0. The van der Waals surface area contributed by atoms with Gasteiger partial charge < -0.3 is 0 Å². The number of rotatable bonds is 2. The predicted octanol–water partition coefficient (Wildman–Crippen LogP) is 1.89. The van der Waals surface area contributed by atoms with Crippen LogP contribution in [-0.2, 0) is 4.79 Å². The van der Waals surface area contributed by atoms with Gasteiger partial charge in [0, 0.05) is 5.57 Å². The highest BCUT2D eigenvalue weighted by Gasteiger charge is 1.98. The van der Waals surface area contributed by atoms with E-state index in [0.29, 0.717) is 5.57 Å². The first-order valence-corrected chi connectivity index (χ1v) is 3.09. The smallest absolute Gasteiger partial charge is 0.253 e. The molecular formula is C8H7ClO. The average molecular weight is 155 g/mol. The minimum absolute atomic E-state index is 0.340. The van der Waals surface area contributed by atoms with Crippen molar-refractivity contribution < 1.29 is 4.79 Å². The van der Waals surface area contributed by atoms with Gasteiger partial charge in [-0.1, -0.05) is 18.1 Å². The molecule has 52 valence electrons. The molecule has 0 saturated carbocycles. The lowest BCUT2D eigenvalue weighted by molar-refractivity contribution is -0.108. The van der Waals surface area contributed by atoms with Crippen LogP contribution in [0.1, 0.15) is 6.92 Å². The highest BCUT2D eigenvalue weighted by Crippen LogP contribution is 2.01. The van der Waals surface area contributed by atoms with Crippen molar-refractivity contribution in [2.24, 2.45) is 0 Å². The van der Waals surface area contributed by atoms with Crippen LogP contribution in [0.4, 0.5) is 0 Å². The maximum absolute atomic E-state index is 10.5. The first kappa shape index (κ1) is 9.00. The molecule has 10 heavy (non-hydrogen) atoms. The van der Waals surface area contributed by atoms with Gasteiger partial charge in [0.25, 0.3) is 5.24 Å². The fourth-order valence-corrected chi connectivity index (χ4v) is 0.557. The summed E-state index contributed by atoms with van der Waals surface area (Å²) in [6, 6.07) is 0. The third-order valence-corrected chi connectivity index (χ3v) is 1.03. The molecule has 0 saturated heterocycles. The average Bonchev–Trinajstić information content (AvgIpc) is 1.87. The van der Waals surface area contributed by atoms with Crippen molar-refractivity contribution in [2.75, 3.05) is 0 Å². The second-order valence-electron chi connectivity index (χ2n) is 1.54. The van der Waals surface area contributed by atoms with Gasteiger partial charge in [-0.3, -0.25) is 4.79 Å². The number of halogens is 1. The van der Waals surface area contributed by atoms with E-state index in [1.165, 1.54) is 6.08 Å². The van der Waals surface area contributed by atoms with Gasteiger partial charge in [0.2, 0.25) is 0 Å². The zero-order valence-corrected chi connectivity index (χ0v) is 6.35. The highest BCUT2D eigenvalue weighted by molar-refractivity contribution is 6.68. The Balaban J connectivity index is 4.46. The second-order valence-corrected chi connectivity index (χ2v) is 1.88. The Morgan fingerprint density at radius 1 is 1.70 bits per heavy atom. The standard InChI is InChI=1S/C8H7ClO/c1-3-5-7(6-4-2)8(9)10/h1,4-6H,2H3/b6-4-,7-5+. The summed E-state index contributed by atoms with van der Waals surface area (Å²) < 4.78 is 0. The van der Waals surface area contributed by atoms with E-state index in [4.69, 9.17) is 18.0 Å². The van der Waals surface area contributed by atoms with Crippen LogP contribution in [0.3, 0.4) is 0 Å². The lowest BCUT2D eigenvalue weighted by Gasteiger charge is -1.87. The summed E-state index contributed by atoms with van der Waals surface area (Å²) in [4.78, 5) is 10.5. The lowest BCUT2D eigenvalue weighted by Crippen LogP contribution is -1.87. The van der Waals surface area contributed by atoms with Gasteiger partial charge in [-0.2, -0.15) is 0 Å². The second kappa shape index (κ2) is 4.84. The SMILES string of the molecule is C#C/C=C(\C=C/C)C(=O)Cl. The van der Waals surface area contributed by atoms with Gasteiger partial charge in [-0.05, 0) is 24.6 Å². The molecule has 0 aromatic heterocycles. The van der Waals surface area contributed by atoms with Crippen LogP contribution < -0.4 is 0 Å². The van der Waals surface area contributed by atoms with E-state index in [0.717, 1.165) is 0 Å².